The van der Waals surface area contributed by atoms with Crippen LogP contribution in [0.3, 0.4) is 0 Å². The molecular formula is C12H15ClFNO3S. The standard InChI is InChI=1S/C12H15ClFNO3S/c1-2-5-12(16)7-15(8-12)19(17,18)9-3-4-11(14)10(13)6-9/h3-4,6,16H,2,5,7-8H2,1H3. The van der Waals surface area contributed by atoms with Gasteiger partial charge in [0.05, 0.1) is 15.5 Å². The molecule has 0 aliphatic carbocycles. The second-order valence-electron chi connectivity index (χ2n) is 4.82. The lowest BCUT2D eigenvalue weighted by Crippen LogP contribution is -2.63. The van der Waals surface area contributed by atoms with E-state index in [0.717, 1.165) is 18.6 Å². The summed E-state index contributed by atoms with van der Waals surface area (Å²) in [4.78, 5) is -0.0579. The highest BCUT2D eigenvalue weighted by molar-refractivity contribution is 7.89. The van der Waals surface area contributed by atoms with Crippen LogP contribution < -0.4 is 0 Å². The molecule has 1 saturated heterocycles. The molecule has 1 heterocycles. The van der Waals surface area contributed by atoms with E-state index in [9.17, 15) is 17.9 Å². The van der Waals surface area contributed by atoms with E-state index in [0.29, 0.717) is 6.42 Å². The molecule has 0 radical (unpaired) electrons. The SMILES string of the molecule is CCCC1(O)CN(S(=O)(=O)c2ccc(F)c(Cl)c2)C1. The second-order valence-corrected chi connectivity index (χ2v) is 7.17. The van der Waals surface area contributed by atoms with E-state index in [1.165, 1.54) is 10.4 Å². The number of rotatable bonds is 4. The van der Waals surface area contributed by atoms with Gasteiger partial charge >= 0.3 is 0 Å². The minimum atomic E-state index is -3.71. The zero-order valence-electron chi connectivity index (χ0n) is 10.4. The van der Waals surface area contributed by atoms with Crippen molar-refractivity contribution in [2.24, 2.45) is 0 Å². The fourth-order valence-electron chi connectivity index (χ4n) is 2.19. The molecule has 0 spiro atoms. The molecule has 19 heavy (non-hydrogen) atoms. The highest BCUT2D eigenvalue weighted by Gasteiger charge is 2.46. The summed E-state index contributed by atoms with van der Waals surface area (Å²) in [5.74, 6) is -0.660. The van der Waals surface area contributed by atoms with E-state index in [-0.39, 0.29) is 23.0 Å². The lowest BCUT2D eigenvalue weighted by Gasteiger charge is -2.45. The van der Waals surface area contributed by atoms with Crippen LogP contribution in [0.15, 0.2) is 23.1 Å². The van der Waals surface area contributed by atoms with E-state index in [2.05, 4.69) is 0 Å². The average molecular weight is 308 g/mol. The van der Waals surface area contributed by atoms with Gasteiger partial charge in [0.15, 0.2) is 0 Å². The molecule has 0 unspecified atom stereocenters. The molecule has 4 nitrogen and oxygen atoms in total. The normalized spacial score (nSPS) is 19.2. The van der Waals surface area contributed by atoms with Crippen LogP contribution in [0.5, 0.6) is 0 Å². The Bertz CT molecular complexity index is 585. The number of β-amino-alcohol motifs (C(OH)–C–C–N with tert-alkyl or cyclic N) is 1. The first kappa shape index (κ1) is 14.7. The van der Waals surface area contributed by atoms with E-state index >= 15 is 0 Å². The molecule has 1 aromatic rings. The average Bonchev–Trinajstić information content (AvgIpc) is 2.29. The summed E-state index contributed by atoms with van der Waals surface area (Å²) in [5, 5.41) is 9.77. The minimum absolute atomic E-state index is 0.0579. The molecular weight excluding hydrogens is 293 g/mol. The summed E-state index contributed by atoms with van der Waals surface area (Å²) in [6, 6.07) is 3.28. The highest BCUT2D eigenvalue weighted by Crippen LogP contribution is 2.32. The first-order chi connectivity index (χ1) is 8.78. The second kappa shape index (κ2) is 5.01. The number of sulfonamides is 1. The smallest absolute Gasteiger partial charge is 0.243 e. The minimum Gasteiger partial charge on any atom is -0.387 e. The zero-order chi connectivity index (χ0) is 14.3. The number of hydrogen-bond acceptors (Lipinski definition) is 3. The lowest BCUT2D eigenvalue weighted by atomic mass is 9.92. The molecule has 2 rings (SSSR count). The van der Waals surface area contributed by atoms with Gasteiger partial charge in [-0.1, -0.05) is 24.9 Å². The van der Waals surface area contributed by atoms with Crippen molar-refractivity contribution in [3.05, 3.63) is 29.0 Å². The Balaban J connectivity index is 2.19. The van der Waals surface area contributed by atoms with Crippen molar-refractivity contribution < 1.29 is 17.9 Å². The Morgan fingerprint density at radius 2 is 2.11 bits per heavy atom. The molecule has 106 valence electrons. The molecule has 7 heteroatoms. The van der Waals surface area contributed by atoms with E-state index in [1.54, 1.807) is 0 Å². The molecule has 0 aromatic heterocycles. The summed E-state index contributed by atoms with van der Waals surface area (Å²) >= 11 is 5.58. The topological polar surface area (TPSA) is 57.6 Å². The Labute approximate surface area is 116 Å². The Morgan fingerprint density at radius 3 is 2.63 bits per heavy atom. The van der Waals surface area contributed by atoms with E-state index in [1.807, 2.05) is 6.92 Å². The van der Waals surface area contributed by atoms with Gasteiger partial charge in [0.2, 0.25) is 10.0 Å². The fourth-order valence-corrected chi connectivity index (χ4v) is 4.06. The zero-order valence-corrected chi connectivity index (χ0v) is 12.0. The molecule has 0 bridgehead atoms. The number of benzene rings is 1. The molecule has 1 N–H and O–H groups in total. The monoisotopic (exact) mass is 307 g/mol. The third-order valence-electron chi connectivity index (χ3n) is 3.19. The largest absolute Gasteiger partial charge is 0.387 e. The first-order valence-corrected chi connectivity index (χ1v) is 7.78. The number of halogens is 2. The number of nitrogens with zero attached hydrogens (tertiary/aromatic N) is 1. The van der Waals surface area contributed by atoms with Gasteiger partial charge < -0.3 is 5.11 Å². The van der Waals surface area contributed by atoms with Crippen molar-refractivity contribution in [2.45, 2.75) is 30.3 Å². The van der Waals surface area contributed by atoms with Crippen molar-refractivity contribution in [1.82, 2.24) is 4.31 Å². The molecule has 1 aliphatic rings. The van der Waals surface area contributed by atoms with Gasteiger partial charge in [-0.3, -0.25) is 0 Å². The lowest BCUT2D eigenvalue weighted by molar-refractivity contribution is -0.0653. The van der Waals surface area contributed by atoms with Gasteiger partial charge in [0, 0.05) is 13.1 Å². The van der Waals surface area contributed by atoms with Crippen LogP contribution in [0.4, 0.5) is 4.39 Å². The van der Waals surface area contributed by atoms with Gasteiger partial charge in [-0.05, 0) is 24.6 Å². The van der Waals surface area contributed by atoms with Gasteiger partial charge in [-0.25, -0.2) is 12.8 Å². The van der Waals surface area contributed by atoms with Crippen molar-refractivity contribution in [3.8, 4) is 0 Å². The maximum Gasteiger partial charge on any atom is 0.243 e. The molecule has 1 aromatic carbocycles. The van der Waals surface area contributed by atoms with Crippen LogP contribution in [-0.4, -0.2) is 36.5 Å². The van der Waals surface area contributed by atoms with Gasteiger partial charge in [-0.15, -0.1) is 0 Å². The van der Waals surface area contributed by atoms with Crippen molar-refractivity contribution in [1.29, 1.82) is 0 Å². The van der Waals surface area contributed by atoms with Crippen LogP contribution in [-0.2, 0) is 10.0 Å². The molecule has 1 fully saturated rings. The summed E-state index contributed by atoms with van der Waals surface area (Å²) in [6.45, 7) is 2.06. The van der Waals surface area contributed by atoms with Crippen LogP contribution >= 0.6 is 11.6 Å². The van der Waals surface area contributed by atoms with Gasteiger partial charge in [0.25, 0.3) is 0 Å². The van der Waals surface area contributed by atoms with Crippen LogP contribution in [0, 0.1) is 5.82 Å². The number of hydrogen-bond donors (Lipinski definition) is 1. The van der Waals surface area contributed by atoms with E-state index < -0.39 is 21.4 Å². The predicted molar refractivity (Wildman–Crippen MR) is 70.0 cm³/mol. The molecule has 0 amide bonds. The van der Waals surface area contributed by atoms with Gasteiger partial charge in [-0.2, -0.15) is 4.31 Å². The fraction of sp³-hybridized carbons (Fsp3) is 0.500. The first-order valence-electron chi connectivity index (χ1n) is 5.96. The van der Waals surface area contributed by atoms with Crippen LogP contribution in [0.2, 0.25) is 5.02 Å². The Hall–Kier alpha value is -0.690. The van der Waals surface area contributed by atoms with Crippen molar-refractivity contribution in [2.75, 3.05) is 13.1 Å². The quantitative estimate of drug-likeness (QED) is 0.926. The number of aliphatic hydroxyl groups is 1. The molecule has 0 saturated carbocycles. The summed E-state index contributed by atoms with van der Waals surface area (Å²) in [6.07, 6.45) is 1.34. The van der Waals surface area contributed by atoms with Crippen LogP contribution in [0.25, 0.3) is 0 Å². The Morgan fingerprint density at radius 1 is 1.47 bits per heavy atom. The Kier molecular flexibility index (Phi) is 3.88. The summed E-state index contributed by atoms with van der Waals surface area (Å²) in [7, 11) is -3.71. The third kappa shape index (κ3) is 2.76. The molecule has 0 atom stereocenters. The van der Waals surface area contributed by atoms with Crippen molar-refractivity contribution >= 4 is 21.6 Å². The summed E-state index contributed by atoms with van der Waals surface area (Å²) < 4.78 is 38.6. The highest BCUT2D eigenvalue weighted by atomic mass is 35.5. The van der Waals surface area contributed by atoms with Gasteiger partial charge in [0.1, 0.15) is 5.82 Å². The van der Waals surface area contributed by atoms with Crippen molar-refractivity contribution in [3.63, 3.8) is 0 Å². The van der Waals surface area contributed by atoms with Crippen LogP contribution in [0.1, 0.15) is 19.8 Å². The maximum absolute atomic E-state index is 13.0. The predicted octanol–water partition coefficient (Wildman–Crippen LogP) is 2.01. The molecule has 1 aliphatic heterocycles. The summed E-state index contributed by atoms with van der Waals surface area (Å²) in [5.41, 5.74) is -0.939. The third-order valence-corrected chi connectivity index (χ3v) is 5.26. The maximum atomic E-state index is 13.0. The van der Waals surface area contributed by atoms with E-state index in [4.69, 9.17) is 11.6 Å².